The molecule has 2 rings (SSSR count). The van der Waals surface area contributed by atoms with Crippen LogP contribution in [0.25, 0.3) is 0 Å². The van der Waals surface area contributed by atoms with Crippen LogP contribution in [0.2, 0.25) is 0 Å². The Labute approximate surface area is 153 Å². The van der Waals surface area contributed by atoms with Crippen molar-refractivity contribution in [1.29, 1.82) is 0 Å². The van der Waals surface area contributed by atoms with Gasteiger partial charge in [0.1, 0.15) is 0 Å². The van der Waals surface area contributed by atoms with Crippen LogP contribution < -0.4 is 5.32 Å². The first-order valence-corrected chi connectivity index (χ1v) is 9.93. The number of aliphatic imine (C=N–C) groups is 1. The molecule has 1 atom stereocenters. The van der Waals surface area contributed by atoms with Crippen LogP contribution in [0.15, 0.2) is 59.6 Å². The van der Waals surface area contributed by atoms with Crippen LogP contribution >= 0.6 is 0 Å². The van der Waals surface area contributed by atoms with Gasteiger partial charge in [-0.15, -0.1) is 0 Å². The molecule has 0 aliphatic heterocycles. The molecule has 25 heavy (non-hydrogen) atoms. The molecular formula is C20H27N3OS. The molecule has 4 nitrogen and oxygen atoms in total. The van der Waals surface area contributed by atoms with Gasteiger partial charge in [-0.3, -0.25) is 9.20 Å². The smallest absolute Gasteiger partial charge is 0.193 e. The van der Waals surface area contributed by atoms with Gasteiger partial charge in [0.2, 0.25) is 0 Å². The van der Waals surface area contributed by atoms with Gasteiger partial charge in [0.25, 0.3) is 0 Å². The number of nitrogens with one attached hydrogen (secondary N) is 1. The molecule has 0 saturated heterocycles. The Morgan fingerprint density at radius 2 is 1.76 bits per heavy atom. The molecule has 0 heterocycles. The lowest BCUT2D eigenvalue weighted by Crippen LogP contribution is -2.40. The zero-order valence-corrected chi connectivity index (χ0v) is 16.1. The Hall–Kier alpha value is -2.14. The van der Waals surface area contributed by atoms with E-state index in [2.05, 4.69) is 46.4 Å². The molecule has 0 saturated carbocycles. The van der Waals surface area contributed by atoms with E-state index in [0.717, 1.165) is 18.1 Å². The number of aryl methyl sites for hydroxylation is 1. The molecule has 1 N–H and O–H groups in total. The van der Waals surface area contributed by atoms with Gasteiger partial charge in [-0.1, -0.05) is 60.2 Å². The highest BCUT2D eigenvalue weighted by Gasteiger charge is 2.07. The molecule has 0 aliphatic rings. The quantitative estimate of drug-likeness (QED) is 0.612. The average Bonchev–Trinajstić information content (AvgIpc) is 2.61. The molecule has 2 aromatic rings. The van der Waals surface area contributed by atoms with Crippen LogP contribution in [-0.4, -0.2) is 41.5 Å². The minimum absolute atomic E-state index is 0.598. The van der Waals surface area contributed by atoms with E-state index in [-0.39, 0.29) is 0 Å². The summed E-state index contributed by atoms with van der Waals surface area (Å²) >= 11 is 0. The van der Waals surface area contributed by atoms with Crippen LogP contribution in [0, 0.1) is 6.92 Å². The number of benzene rings is 2. The molecule has 1 unspecified atom stereocenters. The second kappa shape index (κ2) is 9.99. The maximum Gasteiger partial charge on any atom is 0.193 e. The molecule has 0 spiro atoms. The average molecular weight is 358 g/mol. The van der Waals surface area contributed by atoms with Gasteiger partial charge in [-0.2, -0.15) is 0 Å². The van der Waals surface area contributed by atoms with Gasteiger partial charge in [0, 0.05) is 49.5 Å². The summed E-state index contributed by atoms with van der Waals surface area (Å²) in [6.45, 7) is 3.51. The van der Waals surface area contributed by atoms with E-state index < -0.39 is 10.8 Å². The molecule has 0 aliphatic carbocycles. The molecule has 0 bridgehead atoms. The fourth-order valence-corrected chi connectivity index (χ4v) is 3.57. The molecule has 2 aromatic carbocycles. The third-order valence-electron chi connectivity index (χ3n) is 3.90. The monoisotopic (exact) mass is 357 g/mol. The summed E-state index contributed by atoms with van der Waals surface area (Å²) in [5, 5.41) is 3.30. The first-order chi connectivity index (χ1) is 12.1. The maximum absolute atomic E-state index is 12.2. The van der Waals surface area contributed by atoms with Gasteiger partial charge < -0.3 is 10.2 Å². The van der Waals surface area contributed by atoms with Crippen molar-refractivity contribution >= 4 is 16.8 Å². The fraction of sp³-hybridized carbons (Fsp3) is 0.350. The second-order valence-electron chi connectivity index (χ2n) is 6.09. The molecule has 0 fully saturated rings. The lowest BCUT2D eigenvalue weighted by atomic mass is 10.1. The number of hydrogen-bond acceptors (Lipinski definition) is 2. The first kappa shape index (κ1) is 19.2. The highest BCUT2D eigenvalue weighted by atomic mass is 32.2. The number of rotatable bonds is 7. The van der Waals surface area contributed by atoms with Crippen molar-refractivity contribution in [3.63, 3.8) is 0 Å². The molecule has 0 radical (unpaired) electrons. The standard InChI is InChI=1S/C20H27N3OS/c1-17-9-11-18(12-10-17)15-23(3)20(21-2)22-13-14-25(24)16-19-7-5-4-6-8-19/h4-12H,13-16H2,1-3H3,(H,21,22). The normalized spacial score (nSPS) is 12.7. The van der Waals surface area contributed by atoms with Crippen LogP contribution in [0.3, 0.4) is 0 Å². The van der Waals surface area contributed by atoms with E-state index in [4.69, 9.17) is 0 Å². The highest BCUT2D eigenvalue weighted by molar-refractivity contribution is 7.84. The van der Waals surface area contributed by atoms with Crippen molar-refractivity contribution in [2.24, 2.45) is 4.99 Å². The van der Waals surface area contributed by atoms with Crippen molar-refractivity contribution in [3.05, 3.63) is 71.3 Å². The Balaban J connectivity index is 1.77. The molecule has 5 heteroatoms. The van der Waals surface area contributed by atoms with Gasteiger partial charge in [-0.25, -0.2) is 0 Å². The Bertz CT molecular complexity index is 699. The van der Waals surface area contributed by atoms with E-state index in [1.54, 1.807) is 7.05 Å². The third kappa shape index (κ3) is 6.70. The summed E-state index contributed by atoms with van der Waals surface area (Å²) in [5.74, 6) is 2.02. The minimum atomic E-state index is -0.879. The number of nitrogens with zero attached hydrogens (tertiary/aromatic N) is 2. The Kier molecular flexibility index (Phi) is 7.67. The van der Waals surface area contributed by atoms with Crippen molar-refractivity contribution in [2.45, 2.75) is 19.2 Å². The SMILES string of the molecule is CN=C(NCCS(=O)Cc1ccccc1)N(C)Cc1ccc(C)cc1. The van der Waals surface area contributed by atoms with Crippen molar-refractivity contribution in [3.8, 4) is 0 Å². The van der Waals surface area contributed by atoms with Gasteiger partial charge >= 0.3 is 0 Å². The van der Waals surface area contributed by atoms with Gasteiger partial charge in [-0.05, 0) is 18.1 Å². The van der Waals surface area contributed by atoms with Crippen LogP contribution in [0.5, 0.6) is 0 Å². The Morgan fingerprint density at radius 1 is 1.08 bits per heavy atom. The summed E-state index contributed by atoms with van der Waals surface area (Å²) in [7, 11) is 2.90. The predicted octanol–water partition coefficient (Wildman–Crippen LogP) is 2.95. The van der Waals surface area contributed by atoms with E-state index >= 15 is 0 Å². The fourth-order valence-electron chi connectivity index (χ4n) is 2.54. The molecule has 0 aromatic heterocycles. The van der Waals surface area contributed by atoms with E-state index in [0.29, 0.717) is 18.1 Å². The molecule has 134 valence electrons. The minimum Gasteiger partial charge on any atom is -0.355 e. The van der Waals surface area contributed by atoms with Crippen molar-refractivity contribution in [1.82, 2.24) is 10.2 Å². The largest absolute Gasteiger partial charge is 0.355 e. The topological polar surface area (TPSA) is 44.7 Å². The summed E-state index contributed by atoms with van der Waals surface area (Å²) in [5.41, 5.74) is 3.61. The van der Waals surface area contributed by atoms with E-state index in [1.807, 2.05) is 37.4 Å². The van der Waals surface area contributed by atoms with Crippen molar-refractivity contribution < 1.29 is 4.21 Å². The first-order valence-electron chi connectivity index (χ1n) is 8.44. The molecular weight excluding hydrogens is 330 g/mol. The van der Waals surface area contributed by atoms with Gasteiger partial charge in [0.15, 0.2) is 5.96 Å². The van der Waals surface area contributed by atoms with E-state index in [9.17, 15) is 4.21 Å². The summed E-state index contributed by atoms with van der Waals surface area (Å²) in [6.07, 6.45) is 0. The highest BCUT2D eigenvalue weighted by Crippen LogP contribution is 2.06. The Morgan fingerprint density at radius 3 is 2.40 bits per heavy atom. The van der Waals surface area contributed by atoms with Crippen LogP contribution in [-0.2, 0) is 23.1 Å². The summed E-state index contributed by atoms with van der Waals surface area (Å²) in [6, 6.07) is 18.5. The molecule has 0 amide bonds. The number of hydrogen-bond donors (Lipinski definition) is 1. The van der Waals surface area contributed by atoms with Crippen LogP contribution in [0.1, 0.15) is 16.7 Å². The predicted molar refractivity (Wildman–Crippen MR) is 107 cm³/mol. The van der Waals surface area contributed by atoms with Gasteiger partial charge in [0.05, 0.1) is 0 Å². The maximum atomic E-state index is 12.2. The van der Waals surface area contributed by atoms with Crippen molar-refractivity contribution in [2.75, 3.05) is 26.4 Å². The zero-order valence-electron chi connectivity index (χ0n) is 15.2. The van der Waals surface area contributed by atoms with Crippen LogP contribution in [0.4, 0.5) is 0 Å². The van der Waals surface area contributed by atoms with E-state index in [1.165, 1.54) is 11.1 Å². The lowest BCUT2D eigenvalue weighted by molar-refractivity contribution is 0.479. The third-order valence-corrected chi connectivity index (χ3v) is 5.21. The summed E-state index contributed by atoms with van der Waals surface area (Å²) < 4.78 is 12.2. The summed E-state index contributed by atoms with van der Waals surface area (Å²) in [4.78, 5) is 6.39. The zero-order chi connectivity index (χ0) is 18.1. The number of guanidine groups is 1. The second-order valence-corrected chi connectivity index (χ2v) is 7.67. The lowest BCUT2D eigenvalue weighted by Gasteiger charge is -2.22.